The Labute approximate surface area is 129 Å². The van der Waals surface area contributed by atoms with E-state index < -0.39 is 0 Å². The number of nitrogens with two attached hydrogens (primary N) is 1. The molecule has 2 aliphatic heterocycles. The van der Waals surface area contributed by atoms with Gasteiger partial charge in [-0.05, 0) is 52.7 Å². The van der Waals surface area contributed by atoms with E-state index in [9.17, 15) is 4.79 Å². The van der Waals surface area contributed by atoms with Crippen LogP contribution in [-0.4, -0.2) is 79.5 Å². The number of piperidine rings is 1. The van der Waals surface area contributed by atoms with E-state index in [1.54, 1.807) is 0 Å². The van der Waals surface area contributed by atoms with Crippen LogP contribution in [0.15, 0.2) is 0 Å². The van der Waals surface area contributed by atoms with Crippen LogP contribution < -0.4 is 5.73 Å². The summed E-state index contributed by atoms with van der Waals surface area (Å²) in [5.41, 5.74) is 5.93. The van der Waals surface area contributed by atoms with Crippen molar-refractivity contribution >= 4 is 5.91 Å². The molecular weight excluding hydrogens is 264 g/mol. The Hall–Kier alpha value is -0.650. The Balaban J connectivity index is 1.81. The minimum absolute atomic E-state index is 0.174. The Bertz CT molecular complexity index is 330. The first-order valence-electron chi connectivity index (χ1n) is 8.50. The predicted octanol–water partition coefficient (Wildman–Crippen LogP) is 0.742. The fourth-order valence-electron chi connectivity index (χ4n) is 3.58. The molecule has 5 heteroatoms. The second-order valence-electron chi connectivity index (χ2n) is 6.75. The lowest BCUT2D eigenvalue weighted by atomic mass is 10.1. The quantitative estimate of drug-likeness (QED) is 0.785. The SMILES string of the molecule is CN1CCCC1CN(C)C(CN)CC(=O)N1CCCCC1. The maximum atomic E-state index is 12.4. The predicted molar refractivity (Wildman–Crippen MR) is 86.2 cm³/mol. The molecule has 0 aromatic carbocycles. The number of hydrogen-bond donors (Lipinski definition) is 1. The highest BCUT2D eigenvalue weighted by Crippen LogP contribution is 2.17. The Morgan fingerprint density at radius 3 is 2.52 bits per heavy atom. The van der Waals surface area contributed by atoms with Crippen LogP contribution in [0.2, 0.25) is 0 Å². The number of rotatable bonds is 6. The van der Waals surface area contributed by atoms with Gasteiger partial charge in [0.1, 0.15) is 0 Å². The molecule has 0 saturated carbocycles. The van der Waals surface area contributed by atoms with E-state index in [1.807, 2.05) is 4.90 Å². The van der Waals surface area contributed by atoms with E-state index in [4.69, 9.17) is 5.73 Å². The molecule has 2 unspecified atom stereocenters. The van der Waals surface area contributed by atoms with E-state index >= 15 is 0 Å². The average molecular weight is 296 g/mol. The molecule has 21 heavy (non-hydrogen) atoms. The van der Waals surface area contributed by atoms with E-state index in [0.717, 1.165) is 32.5 Å². The normalized spacial score (nSPS) is 25.5. The average Bonchev–Trinajstić information content (AvgIpc) is 2.90. The van der Waals surface area contributed by atoms with Gasteiger partial charge in [-0.15, -0.1) is 0 Å². The first kappa shape index (κ1) is 16.7. The Morgan fingerprint density at radius 2 is 1.95 bits per heavy atom. The van der Waals surface area contributed by atoms with Gasteiger partial charge < -0.3 is 20.4 Å². The summed E-state index contributed by atoms with van der Waals surface area (Å²) in [6, 6.07) is 0.794. The van der Waals surface area contributed by atoms with Crippen LogP contribution in [0.5, 0.6) is 0 Å². The van der Waals surface area contributed by atoms with Crippen molar-refractivity contribution in [2.45, 2.75) is 50.6 Å². The standard InChI is InChI=1S/C16H32N4O/c1-18-8-6-7-14(18)13-19(2)15(12-17)11-16(21)20-9-4-3-5-10-20/h14-15H,3-13,17H2,1-2H3. The van der Waals surface area contributed by atoms with Gasteiger partial charge in [0.2, 0.25) is 5.91 Å². The zero-order valence-electron chi connectivity index (χ0n) is 13.8. The maximum Gasteiger partial charge on any atom is 0.224 e. The van der Waals surface area contributed by atoms with Gasteiger partial charge in [-0.25, -0.2) is 0 Å². The zero-order chi connectivity index (χ0) is 15.2. The number of hydrogen-bond acceptors (Lipinski definition) is 4. The largest absolute Gasteiger partial charge is 0.343 e. The van der Waals surface area contributed by atoms with Crippen molar-refractivity contribution in [2.75, 3.05) is 46.8 Å². The molecule has 2 aliphatic rings. The van der Waals surface area contributed by atoms with Crippen LogP contribution >= 0.6 is 0 Å². The number of likely N-dealkylation sites (tertiary alicyclic amines) is 2. The first-order valence-corrected chi connectivity index (χ1v) is 8.50. The fourth-order valence-corrected chi connectivity index (χ4v) is 3.58. The van der Waals surface area contributed by atoms with Gasteiger partial charge in [0.25, 0.3) is 0 Å². The minimum atomic E-state index is 0.174. The van der Waals surface area contributed by atoms with Crippen LogP contribution in [-0.2, 0) is 4.79 Å². The maximum absolute atomic E-state index is 12.4. The number of carbonyl (C=O) groups is 1. The topological polar surface area (TPSA) is 52.8 Å². The van der Waals surface area contributed by atoms with Crippen molar-refractivity contribution < 1.29 is 4.79 Å². The molecule has 1 amide bonds. The van der Waals surface area contributed by atoms with Crippen LogP contribution in [0, 0.1) is 0 Å². The van der Waals surface area contributed by atoms with Gasteiger partial charge in [-0.1, -0.05) is 0 Å². The molecule has 0 aromatic rings. The lowest BCUT2D eigenvalue weighted by Crippen LogP contribution is -2.47. The van der Waals surface area contributed by atoms with Gasteiger partial charge in [-0.3, -0.25) is 4.79 Å². The summed E-state index contributed by atoms with van der Waals surface area (Å²) in [5.74, 6) is 0.289. The van der Waals surface area contributed by atoms with E-state index in [-0.39, 0.29) is 11.9 Å². The Morgan fingerprint density at radius 1 is 1.24 bits per heavy atom. The minimum Gasteiger partial charge on any atom is -0.343 e. The summed E-state index contributed by atoms with van der Waals surface area (Å²) in [6.07, 6.45) is 6.69. The Kier molecular flexibility index (Phi) is 6.45. The molecule has 2 saturated heterocycles. The molecular formula is C16H32N4O. The third-order valence-electron chi connectivity index (χ3n) is 5.18. The number of carbonyl (C=O) groups excluding carboxylic acids is 1. The van der Waals surface area contributed by atoms with Gasteiger partial charge >= 0.3 is 0 Å². The van der Waals surface area contributed by atoms with Crippen LogP contribution in [0.25, 0.3) is 0 Å². The summed E-state index contributed by atoms with van der Waals surface area (Å²) in [7, 11) is 4.31. The second-order valence-corrected chi connectivity index (χ2v) is 6.75. The molecule has 0 aromatic heterocycles. The smallest absolute Gasteiger partial charge is 0.224 e. The van der Waals surface area contributed by atoms with Gasteiger partial charge in [0.15, 0.2) is 0 Å². The van der Waals surface area contributed by atoms with Crippen molar-refractivity contribution in [1.29, 1.82) is 0 Å². The second kappa shape index (κ2) is 8.11. The van der Waals surface area contributed by atoms with Gasteiger partial charge in [-0.2, -0.15) is 0 Å². The molecule has 122 valence electrons. The molecule has 0 spiro atoms. The van der Waals surface area contributed by atoms with Crippen molar-refractivity contribution in [1.82, 2.24) is 14.7 Å². The molecule has 0 bridgehead atoms. The molecule has 2 N–H and O–H groups in total. The molecule has 2 fully saturated rings. The summed E-state index contributed by atoms with van der Waals surface area (Å²) >= 11 is 0. The first-order chi connectivity index (χ1) is 10.1. The van der Waals surface area contributed by atoms with Gasteiger partial charge in [0.05, 0.1) is 0 Å². The molecule has 5 nitrogen and oxygen atoms in total. The molecule has 2 atom stereocenters. The van der Waals surface area contributed by atoms with Crippen LogP contribution in [0.3, 0.4) is 0 Å². The van der Waals surface area contributed by atoms with E-state index in [0.29, 0.717) is 19.0 Å². The highest BCUT2D eigenvalue weighted by Gasteiger charge is 2.27. The summed E-state index contributed by atoms with van der Waals surface area (Å²) in [5, 5.41) is 0. The summed E-state index contributed by atoms with van der Waals surface area (Å²) in [4.78, 5) is 19.2. The molecule has 2 heterocycles. The fraction of sp³-hybridized carbons (Fsp3) is 0.938. The summed E-state index contributed by atoms with van der Waals surface area (Å²) in [6.45, 7) is 4.65. The highest BCUT2D eigenvalue weighted by molar-refractivity contribution is 5.76. The molecule has 0 radical (unpaired) electrons. The third kappa shape index (κ3) is 4.66. The van der Waals surface area contributed by atoms with Crippen molar-refractivity contribution in [3.05, 3.63) is 0 Å². The highest BCUT2D eigenvalue weighted by atomic mass is 16.2. The van der Waals surface area contributed by atoms with Crippen molar-refractivity contribution in [3.8, 4) is 0 Å². The molecule has 2 rings (SSSR count). The van der Waals surface area contributed by atoms with Crippen LogP contribution in [0.4, 0.5) is 0 Å². The lowest BCUT2D eigenvalue weighted by Gasteiger charge is -2.33. The number of likely N-dealkylation sites (N-methyl/N-ethyl adjacent to an activating group) is 2. The van der Waals surface area contributed by atoms with Crippen LogP contribution in [0.1, 0.15) is 38.5 Å². The van der Waals surface area contributed by atoms with E-state index in [2.05, 4.69) is 23.9 Å². The van der Waals surface area contributed by atoms with Gasteiger partial charge in [0, 0.05) is 44.7 Å². The third-order valence-corrected chi connectivity index (χ3v) is 5.18. The lowest BCUT2D eigenvalue weighted by molar-refractivity contribution is -0.133. The molecule has 0 aliphatic carbocycles. The summed E-state index contributed by atoms with van der Waals surface area (Å²) < 4.78 is 0. The van der Waals surface area contributed by atoms with Crippen molar-refractivity contribution in [2.24, 2.45) is 5.73 Å². The van der Waals surface area contributed by atoms with Crippen molar-refractivity contribution in [3.63, 3.8) is 0 Å². The number of nitrogens with zero attached hydrogens (tertiary/aromatic N) is 3. The monoisotopic (exact) mass is 296 g/mol. The van der Waals surface area contributed by atoms with E-state index in [1.165, 1.54) is 25.8 Å². The number of amides is 1. The zero-order valence-corrected chi connectivity index (χ0v) is 13.8.